The molecule has 2 N–H and O–H groups in total. The van der Waals surface area contributed by atoms with Crippen LogP contribution in [0.5, 0.6) is 0 Å². The molecular formula is C12H19ClN2O3S. The zero-order valence-electron chi connectivity index (χ0n) is 11.3. The normalized spacial score (nSPS) is 12.1. The summed E-state index contributed by atoms with van der Waals surface area (Å²) in [5.74, 6) is 0. The minimum Gasteiger partial charge on any atom is -0.397 e. The Morgan fingerprint density at radius 1 is 1.42 bits per heavy atom. The fraction of sp³-hybridized carbons (Fsp3) is 0.500. The van der Waals surface area contributed by atoms with Crippen LogP contribution in [0.2, 0.25) is 5.02 Å². The van der Waals surface area contributed by atoms with Gasteiger partial charge < -0.3 is 10.5 Å². The zero-order chi connectivity index (χ0) is 14.6. The van der Waals surface area contributed by atoms with Gasteiger partial charge in [0.1, 0.15) is 0 Å². The van der Waals surface area contributed by atoms with Gasteiger partial charge >= 0.3 is 0 Å². The number of rotatable bonds is 6. The number of methoxy groups -OCH3 is 1. The molecule has 0 atom stereocenters. The molecule has 0 aliphatic rings. The van der Waals surface area contributed by atoms with E-state index >= 15 is 0 Å². The molecule has 0 aliphatic carbocycles. The zero-order valence-corrected chi connectivity index (χ0v) is 12.9. The summed E-state index contributed by atoms with van der Waals surface area (Å²) in [6.45, 7) is 2.60. The number of hydrogen-bond acceptors (Lipinski definition) is 4. The van der Waals surface area contributed by atoms with E-state index in [9.17, 15) is 8.42 Å². The average Bonchev–Trinajstić information content (AvgIpc) is 2.33. The van der Waals surface area contributed by atoms with Crippen molar-refractivity contribution in [2.75, 3.05) is 33.0 Å². The molecule has 19 heavy (non-hydrogen) atoms. The molecule has 0 unspecified atom stereocenters. The van der Waals surface area contributed by atoms with Crippen LogP contribution in [0.3, 0.4) is 0 Å². The molecule has 0 fully saturated rings. The molecule has 0 saturated carbocycles. The van der Waals surface area contributed by atoms with Crippen molar-refractivity contribution in [2.45, 2.75) is 18.2 Å². The number of aryl methyl sites for hydroxylation is 1. The topological polar surface area (TPSA) is 72.6 Å². The van der Waals surface area contributed by atoms with E-state index in [4.69, 9.17) is 22.1 Å². The van der Waals surface area contributed by atoms with Gasteiger partial charge in [-0.2, -0.15) is 0 Å². The summed E-state index contributed by atoms with van der Waals surface area (Å²) in [7, 11) is -0.431. The van der Waals surface area contributed by atoms with E-state index < -0.39 is 10.0 Å². The Hall–Kier alpha value is -0.820. The van der Waals surface area contributed by atoms with Crippen LogP contribution in [0, 0.1) is 6.92 Å². The maximum Gasteiger partial charge on any atom is 0.243 e. The summed E-state index contributed by atoms with van der Waals surface area (Å²) < 4.78 is 31.0. The molecule has 0 radical (unpaired) electrons. The van der Waals surface area contributed by atoms with E-state index in [-0.39, 0.29) is 10.6 Å². The number of nitrogens with zero attached hydrogens (tertiary/aromatic N) is 1. The van der Waals surface area contributed by atoms with E-state index in [1.807, 2.05) is 0 Å². The number of benzene rings is 1. The van der Waals surface area contributed by atoms with Crippen LogP contribution in [0.25, 0.3) is 0 Å². The second-order valence-electron chi connectivity index (χ2n) is 4.31. The van der Waals surface area contributed by atoms with Crippen molar-refractivity contribution in [3.8, 4) is 0 Å². The first-order chi connectivity index (χ1) is 8.80. The Labute approximate surface area is 119 Å². The smallest absolute Gasteiger partial charge is 0.243 e. The van der Waals surface area contributed by atoms with Gasteiger partial charge in [-0.05, 0) is 31.0 Å². The van der Waals surface area contributed by atoms with Gasteiger partial charge in [0.25, 0.3) is 0 Å². The van der Waals surface area contributed by atoms with Gasteiger partial charge in [0.05, 0.1) is 15.6 Å². The van der Waals surface area contributed by atoms with Gasteiger partial charge in [0.2, 0.25) is 10.0 Å². The van der Waals surface area contributed by atoms with Gasteiger partial charge in [0, 0.05) is 27.3 Å². The summed E-state index contributed by atoms with van der Waals surface area (Å²) in [4.78, 5) is 0.189. The fourth-order valence-electron chi connectivity index (χ4n) is 1.67. The molecule has 1 aromatic rings. The number of ether oxygens (including phenoxy) is 1. The van der Waals surface area contributed by atoms with E-state index in [0.29, 0.717) is 30.2 Å². The highest BCUT2D eigenvalue weighted by Crippen LogP contribution is 2.27. The lowest BCUT2D eigenvalue weighted by atomic mass is 10.2. The van der Waals surface area contributed by atoms with Crippen molar-refractivity contribution in [1.29, 1.82) is 0 Å². The minimum absolute atomic E-state index is 0.189. The van der Waals surface area contributed by atoms with Crippen molar-refractivity contribution in [2.24, 2.45) is 0 Å². The summed E-state index contributed by atoms with van der Waals surface area (Å²) >= 11 is 5.87. The fourth-order valence-corrected chi connectivity index (χ4v) is 3.33. The van der Waals surface area contributed by atoms with Crippen molar-refractivity contribution in [1.82, 2.24) is 4.31 Å². The van der Waals surface area contributed by atoms with Crippen LogP contribution < -0.4 is 5.73 Å². The maximum atomic E-state index is 12.4. The number of anilines is 1. The Kier molecular flexibility index (Phi) is 5.61. The number of sulfonamides is 1. The summed E-state index contributed by atoms with van der Waals surface area (Å²) in [5.41, 5.74) is 6.51. The SMILES string of the molecule is COCCCN(C)S(=O)(=O)c1cc(N)c(Cl)cc1C. The Balaban J connectivity index is 3.03. The second kappa shape index (κ2) is 6.56. The highest BCUT2D eigenvalue weighted by molar-refractivity contribution is 7.89. The molecule has 0 aliphatic heterocycles. The molecule has 0 saturated heterocycles. The molecule has 5 nitrogen and oxygen atoms in total. The van der Waals surface area contributed by atoms with Crippen LogP contribution >= 0.6 is 11.6 Å². The average molecular weight is 307 g/mol. The van der Waals surface area contributed by atoms with Gasteiger partial charge in [-0.15, -0.1) is 0 Å². The van der Waals surface area contributed by atoms with Crippen molar-refractivity contribution in [3.63, 3.8) is 0 Å². The van der Waals surface area contributed by atoms with Crippen molar-refractivity contribution < 1.29 is 13.2 Å². The van der Waals surface area contributed by atoms with Crippen LogP contribution in [0.15, 0.2) is 17.0 Å². The third-order valence-corrected chi connectivity index (χ3v) is 5.13. The largest absolute Gasteiger partial charge is 0.397 e. The summed E-state index contributed by atoms with van der Waals surface area (Å²) in [6, 6.07) is 2.96. The molecule has 0 spiro atoms. The first-order valence-electron chi connectivity index (χ1n) is 5.81. The lowest BCUT2D eigenvalue weighted by Gasteiger charge is -2.19. The Morgan fingerprint density at radius 2 is 2.05 bits per heavy atom. The van der Waals surface area contributed by atoms with Crippen LogP contribution in [-0.2, 0) is 14.8 Å². The first kappa shape index (κ1) is 16.2. The molecule has 7 heteroatoms. The predicted octanol–water partition coefficient (Wildman–Crippen LogP) is 1.89. The summed E-state index contributed by atoms with van der Waals surface area (Å²) in [5, 5.41) is 0.360. The van der Waals surface area contributed by atoms with Crippen LogP contribution in [0.4, 0.5) is 5.69 Å². The van der Waals surface area contributed by atoms with Crippen molar-refractivity contribution in [3.05, 3.63) is 22.7 Å². The Bertz CT molecular complexity index is 546. The monoisotopic (exact) mass is 306 g/mol. The molecule has 0 amide bonds. The molecule has 0 bridgehead atoms. The molecule has 1 aromatic carbocycles. The van der Waals surface area contributed by atoms with Crippen LogP contribution in [-0.4, -0.2) is 40.0 Å². The number of halogens is 1. The highest BCUT2D eigenvalue weighted by Gasteiger charge is 2.23. The lowest BCUT2D eigenvalue weighted by molar-refractivity contribution is 0.189. The van der Waals surface area contributed by atoms with E-state index in [1.165, 1.54) is 17.4 Å². The van der Waals surface area contributed by atoms with Gasteiger partial charge in [0.15, 0.2) is 0 Å². The number of nitrogen functional groups attached to an aromatic ring is 1. The van der Waals surface area contributed by atoms with E-state index in [2.05, 4.69) is 0 Å². The maximum absolute atomic E-state index is 12.4. The third kappa shape index (κ3) is 3.82. The minimum atomic E-state index is -3.55. The third-order valence-electron chi connectivity index (χ3n) is 2.80. The standard InChI is InChI=1S/C12H19ClN2O3S/c1-9-7-10(13)11(14)8-12(9)19(16,17)15(2)5-4-6-18-3/h7-8H,4-6,14H2,1-3H3. The number of hydrogen-bond donors (Lipinski definition) is 1. The van der Waals surface area contributed by atoms with Crippen LogP contribution in [0.1, 0.15) is 12.0 Å². The van der Waals surface area contributed by atoms with E-state index in [1.54, 1.807) is 20.1 Å². The quantitative estimate of drug-likeness (QED) is 0.643. The van der Waals surface area contributed by atoms with E-state index in [0.717, 1.165) is 0 Å². The Morgan fingerprint density at radius 3 is 2.63 bits per heavy atom. The molecule has 1 rings (SSSR count). The first-order valence-corrected chi connectivity index (χ1v) is 7.63. The number of nitrogens with two attached hydrogens (primary N) is 1. The van der Waals surface area contributed by atoms with Gasteiger partial charge in [-0.1, -0.05) is 11.6 Å². The summed E-state index contributed by atoms with van der Waals surface area (Å²) in [6.07, 6.45) is 0.633. The highest BCUT2D eigenvalue weighted by atomic mass is 35.5. The lowest BCUT2D eigenvalue weighted by Crippen LogP contribution is -2.29. The molecule has 0 aromatic heterocycles. The predicted molar refractivity (Wildman–Crippen MR) is 76.9 cm³/mol. The van der Waals surface area contributed by atoms with Gasteiger partial charge in [-0.3, -0.25) is 0 Å². The van der Waals surface area contributed by atoms with Crippen molar-refractivity contribution >= 4 is 27.3 Å². The molecule has 108 valence electrons. The molecule has 0 heterocycles. The second-order valence-corrected chi connectivity index (χ2v) is 6.73. The van der Waals surface area contributed by atoms with Gasteiger partial charge in [-0.25, -0.2) is 12.7 Å². The molecular weight excluding hydrogens is 288 g/mol.